The van der Waals surface area contributed by atoms with Crippen molar-refractivity contribution >= 4 is 0 Å². The number of hydrogen-bond donors (Lipinski definition) is 0. The Morgan fingerprint density at radius 2 is 2.00 bits per heavy atom. The predicted molar refractivity (Wildman–Crippen MR) is 73.2 cm³/mol. The molecule has 0 unspecified atom stereocenters. The maximum Gasteiger partial charge on any atom is 0.144 e. The number of hydrogen-bond acceptors (Lipinski definition) is 3. The Bertz CT molecular complexity index is 662. The second kappa shape index (κ2) is 6.07. The van der Waals surface area contributed by atoms with Gasteiger partial charge in [-0.15, -0.1) is 0 Å². The van der Waals surface area contributed by atoms with Crippen LogP contribution in [-0.2, 0) is 6.61 Å². The Hall–Kier alpha value is -2.54. The first-order valence-electron chi connectivity index (χ1n) is 6.10. The third-order valence-electron chi connectivity index (χ3n) is 2.91. The molecule has 2 aromatic carbocycles. The smallest absolute Gasteiger partial charge is 0.144 e. The summed E-state index contributed by atoms with van der Waals surface area (Å²) in [7, 11) is 1.58. The number of nitrogens with zero attached hydrogens (tertiary/aromatic N) is 1. The second-order valence-corrected chi connectivity index (χ2v) is 4.33. The zero-order valence-corrected chi connectivity index (χ0v) is 11.3. The zero-order valence-electron chi connectivity index (χ0n) is 11.3. The van der Waals surface area contributed by atoms with Crippen molar-refractivity contribution in [2.45, 2.75) is 13.5 Å². The summed E-state index contributed by atoms with van der Waals surface area (Å²) < 4.78 is 24.3. The SMILES string of the molecule is COc1ccc(C)cc1COc1cccc(F)c1C#N. The minimum atomic E-state index is -0.582. The first-order chi connectivity index (χ1) is 9.65. The van der Waals surface area contributed by atoms with Crippen LogP contribution in [0.2, 0.25) is 0 Å². The van der Waals surface area contributed by atoms with Crippen molar-refractivity contribution < 1.29 is 13.9 Å². The van der Waals surface area contributed by atoms with Crippen molar-refractivity contribution in [1.82, 2.24) is 0 Å². The van der Waals surface area contributed by atoms with Crippen LogP contribution in [0.15, 0.2) is 36.4 Å². The van der Waals surface area contributed by atoms with Gasteiger partial charge >= 0.3 is 0 Å². The summed E-state index contributed by atoms with van der Waals surface area (Å²) in [6.07, 6.45) is 0. The van der Waals surface area contributed by atoms with Gasteiger partial charge in [-0.05, 0) is 31.2 Å². The van der Waals surface area contributed by atoms with Gasteiger partial charge in [-0.25, -0.2) is 4.39 Å². The lowest BCUT2D eigenvalue weighted by Crippen LogP contribution is -2.01. The van der Waals surface area contributed by atoms with Crippen molar-refractivity contribution in [3.8, 4) is 17.6 Å². The lowest BCUT2D eigenvalue weighted by molar-refractivity contribution is 0.294. The van der Waals surface area contributed by atoms with Crippen LogP contribution in [0.3, 0.4) is 0 Å². The molecular formula is C16H14FNO2. The quantitative estimate of drug-likeness (QED) is 0.853. The first-order valence-corrected chi connectivity index (χ1v) is 6.10. The van der Waals surface area contributed by atoms with Crippen LogP contribution in [-0.4, -0.2) is 7.11 Å². The molecule has 0 fully saturated rings. The minimum absolute atomic E-state index is 0.0841. The van der Waals surface area contributed by atoms with E-state index in [1.54, 1.807) is 13.2 Å². The van der Waals surface area contributed by atoms with Gasteiger partial charge in [-0.2, -0.15) is 5.26 Å². The molecule has 0 spiro atoms. The van der Waals surface area contributed by atoms with Gasteiger partial charge < -0.3 is 9.47 Å². The Morgan fingerprint density at radius 3 is 2.70 bits per heavy atom. The Kier molecular flexibility index (Phi) is 4.21. The molecule has 0 radical (unpaired) electrons. The normalized spacial score (nSPS) is 9.90. The molecule has 0 heterocycles. The molecule has 0 atom stereocenters. The van der Waals surface area contributed by atoms with E-state index in [0.717, 1.165) is 11.1 Å². The first kappa shape index (κ1) is 13.9. The predicted octanol–water partition coefficient (Wildman–Crippen LogP) is 3.59. The third kappa shape index (κ3) is 2.89. The van der Waals surface area contributed by atoms with Gasteiger partial charge in [0.2, 0.25) is 0 Å². The standard InChI is InChI=1S/C16H14FNO2/c1-11-6-7-15(19-2)12(8-11)10-20-16-5-3-4-14(17)13(16)9-18/h3-8H,10H2,1-2H3. The van der Waals surface area contributed by atoms with Crippen LogP contribution in [0.5, 0.6) is 11.5 Å². The number of halogens is 1. The molecule has 0 amide bonds. The minimum Gasteiger partial charge on any atom is -0.496 e. The lowest BCUT2D eigenvalue weighted by atomic mass is 10.1. The fourth-order valence-corrected chi connectivity index (χ4v) is 1.91. The Morgan fingerprint density at radius 1 is 1.20 bits per heavy atom. The van der Waals surface area contributed by atoms with Crippen LogP contribution in [0, 0.1) is 24.1 Å². The molecule has 4 heteroatoms. The monoisotopic (exact) mass is 271 g/mol. The topological polar surface area (TPSA) is 42.2 Å². The summed E-state index contributed by atoms with van der Waals surface area (Å²) in [4.78, 5) is 0. The van der Waals surface area contributed by atoms with E-state index < -0.39 is 5.82 Å². The molecule has 0 aliphatic carbocycles. The Labute approximate surface area is 117 Å². The molecule has 0 saturated carbocycles. The van der Waals surface area contributed by atoms with Gasteiger partial charge in [0.1, 0.15) is 35.6 Å². The molecule has 0 aromatic heterocycles. The van der Waals surface area contributed by atoms with Gasteiger partial charge in [0.25, 0.3) is 0 Å². The van der Waals surface area contributed by atoms with Gasteiger partial charge in [0.05, 0.1) is 7.11 Å². The average molecular weight is 271 g/mol. The van der Waals surface area contributed by atoms with E-state index >= 15 is 0 Å². The lowest BCUT2D eigenvalue weighted by Gasteiger charge is -2.12. The number of nitriles is 1. The van der Waals surface area contributed by atoms with Crippen molar-refractivity contribution in [3.63, 3.8) is 0 Å². The van der Waals surface area contributed by atoms with Crippen molar-refractivity contribution in [3.05, 3.63) is 58.9 Å². The maximum atomic E-state index is 13.5. The van der Waals surface area contributed by atoms with Gasteiger partial charge in [-0.1, -0.05) is 17.7 Å². The van der Waals surface area contributed by atoms with Crippen LogP contribution in [0.1, 0.15) is 16.7 Å². The van der Waals surface area contributed by atoms with Crippen LogP contribution >= 0.6 is 0 Å². The highest BCUT2D eigenvalue weighted by atomic mass is 19.1. The molecule has 2 aromatic rings. The van der Waals surface area contributed by atoms with Crippen molar-refractivity contribution in [2.24, 2.45) is 0 Å². The molecule has 20 heavy (non-hydrogen) atoms. The van der Waals surface area contributed by atoms with E-state index in [-0.39, 0.29) is 17.9 Å². The van der Waals surface area contributed by atoms with Gasteiger partial charge in [0, 0.05) is 5.56 Å². The zero-order chi connectivity index (χ0) is 14.5. The van der Waals surface area contributed by atoms with E-state index in [9.17, 15) is 4.39 Å². The number of methoxy groups -OCH3 is 1. The largest absolute Gasteiger partial charge is 0.496 e. The molecule has 102 valence electrons. The summed E-state index contributed by atoms with van der Waals surface area (Å²) in [5.41, 5.74) is 1.84. The van der Waals surface area contributed by atoms with E-state index in [0.29, 0.717) is 5.75 Å². The molecule has 0 N–H and O–H groups in total. The van der Waals surface area contributed by atoms with Crippen LogP contribution in [0.25, 0.3) is 0 Å². The fourth-order valence-electron chi connectivity index (χ4n) is 1.91. The van der Waals surface area contributed by atoms with E-state index in [1.165, 1.54) is 12.1 Å². The highest BCUT2D eigenvalue weighted by molar-refractivity contribution is 5.44. The number of aryl methyl sites for hydroxylation is 1. The van der Waals surface area contributed by atoms with E-state index in [4.69, 9.17) is 14.7 Å². The van der Waals surface area contributed by atoms with Crippen LogP contribution in [0.4, 0.5) is 4.39 Å². The highest BCUT2D eigenvalue weighted by Gasteiger charge is 2.10. The molecule has 2 rings (SSSR count). The summed E-state index contributed by atoms with van der Waals surface area (Å²) in [6, 6.07) is 11.9. The second-order valence-electron chi connectivity index (χ2n) is 4.33. The number of rotatable bonds is 4. The van der Waals surface area contributed by atoms with Gasteiger partial charge in [0.15, 0.2) is 0 Å². The van der Waals surface area contributed by atoms with E-state index in [2.05, 4.69) is 0 Å². The number of ether oxygens (including phenoxy) is 2. The highest BCUT2D eigenvalue weighted by Crippen LogP contribution is 2.25. The third-order valence-corrected chi connectivity index (χ3v) is 2.91. The summed E-state index contributed by atoms with van der Waals surface area (Å²) in [5.74, 6) is 0.350. The molecule has 0 aliphatic heterocycles. The molecule has 3 nitrogen and oxygen atoms in total. The molecular weight excluding hydrogens is 257 g/mol. The average Bonchev–Trinajstić information content (AvgIpc) is 2.45. The maximum absolute atomic E-state index is 13.5. The fraction of sp³-hybridized carbons (Fsp3) is 0.188. The Balaban J connectivity index is 2.24. The summed E-state index contributed by atoms with van der Waals surface area (Å²) in [6.45, 7) is 2.18. The molecule has 0 aliphatic rings. The molecule has 0 bridgehead atoms. The van der Waals surface area contributed by atoms with Crippen molar-refractivity contribution in [1.29, 1.82) is 5.26 Å². The van der Waals surface area contributed by atoms with Crippen molar-refractivity contribution in [2.75, 3.05) is 7.11 Å². The number of benzene rings is 2. The summed E-state index contributed by atoms with van der Waals surface area (Å²) in [5, 5.41) is 8.95. The molecule has 0 saturated heterocycles. The summed E-state index contributed by atoms with van der Waals surface area (Å²) >= 11 is 0. The van der Waals surface area contributed by atoms with Crippen LogP contribution < -0.4 is 9.47 Å². The van der Waals surface area contributed by atoms with E-state index in [1.807, 2.05) is 31.2 Å². The van der Waals surface area contributed by atoms with Gasteiger partial charge in [-0.3, -0.25) is 0 Å².